The van der Waals surface area contributed by atoms with Crippen LogP contribution >= 0.6 is 0 Å². The summed E-state index contributed by atoms with van der Waals surface area (Å²) in [6.45, 7) is 14.2. The second-order valence-corrected chi connectivity index (χ2v) is 6.30. The molecule has 0 aliphatic rings. The first-order chi connectivity index (χ1) is 6.31. The van der Waals surface area contributed by atoms with Gasteiger partial charge in [-0.25, -0.2) is 0 Å². The molecule has 0 saturated heterocycles. The molecule has 0 bridgehead atoms. The van der Waals surface area contributed by atoms with Gasteiger partial charge in [-0.15, -0.1) is 0 Å². The van der Waals surface area contributed by atoms with Gasteiger partial charge in [0.1, 0.15) is 0 Å². The Kier molecular flexibility index (Phi) is 5.78. The largest absolute Gasteiger partial charge is 0.0654 e. The van der Waals surface area contributed by atoms with Crippen molar-refractivity contribution < 1.29 is 0 Å². The van der Waals surface area contributed by atoms with Crippen LogP contribution in [0.3, 0.4) is 0 Å². The van der Waals surface area contributed by atoms with Crippen molar-refractivity contribution in [2.24, 2.45) is 10.8 Å². The molecule has 0 unspecified atom stereocenters. The van der Waals surface area contributed by atoms with Gasteiger partial charge in [-0.3, -0.25) is 0 Å². The Morgan fingerprint density at radius 3 is 1.64 bits per heavy atom. The van der Waals surface area contributed by atoms with Gasteiger partial charge in [-0.2, -0.15) is 0 Å². The van der Waals surface area contributed by atoms with Crippen molar-refractivity contribution in [1.29, 1.82) is 0 Å². The molecule has 0 aromatic carbocycles. The van der Waals surface area contributed by atoms with Crippen LogP contribution < -0.4 is 0 Å². The van der Waals surface area contributed by atoms with E-state index in [0.717, 1.165) is 0 Å². The zero-order valence-corrected chi connectivity index (χ0v) is 11.2. The molecule has 0 aromatic rings. The van der Waals surface area contributed by atoms with Crippen LogP contribution in [0.25, 0.3) is 0 Å². The van der Waals surface area contributed by atoms with Crippen LogP contribution in [0.15, 0.2) is 0 Å². The average Bonchev–Trinajstić information content (AvgIpc) is 2.02. The summed E-state index contributed by atoms with van der Waals surface area (Å²) in [7, 11) is 0. The molecule has 0 nitrogen and oxygen atoms in total. The van der Waals surface area contributed by atoms with Crippen LogP contribution in [0.1, 0.15) is 80.1 Å². The molecular weight excluding hydrogens is 168 g/mol. The van der Waals surface area contributed by atoms with E-state index in [9.17, 15) is 0 Å². The predicted molar refractivity (Wildman–Crippen MR) is 66.6 cm³/mol. The van der Waals surface area contributed by atoms with Crippen molar-refractivity contribution in [3.63, 3.8) is 0 Å². The van der Waals surface area contributed by atoms with Crippen molar-refractivity contribution in [3.05, 3.63) is 0 Å². The van der Waals surface area contributed by atoms with E-state index in [4.69, 9.17) is 0 Å². The monoisotopic (exact) mass is 198 g/mol. The molecule has 0 amide bonds. The van der Waals surface area contributed by atoms with Gasteiger partial charge in [-0.1, -0.05) is 73.6 Å². The quantitative estimate of drug-likeness (QED) is 0.500. The SMILES string of the molecule is CCCCCCCC(C)(C)C(C)(C)C. The molecular formula is C14H30. The van der Waals surface area contributed by atoms with E-state index in [1.54, 1.807) is 0 Å². The first kappa shape index (κ1) is 14.0. The lowest BCUT2D eigenvalue weighted by Gasteiger charge is -2.39. The van der Waals surface area contributed by atoms with Crippen LogP contribution in [-0.2, 0) is 0 Å². The van der Waals surface area contributed by atoms with Crippen LogP contribution in [-0.4, -0.2) is 0 Å². The van der Waals surface area contributed by atoms with Crippen LogP contribution in [0.5, 0.6) is 0 Å². The molecule has 0 radical (unpaired) electrons. The molecule has 0 aromatic heterocycles. The normalized spacial score (nSPS) is 13.3. The van der Waals surface area contributed by atoms with Gasteiger partial charge in [0.2, 0.25) is 0 Å². The van der Waals surface area contributed by atoms with Crippen molar-refractivity contribution >= 4 is 0 Å². The first-order valence-corrected chi connectivity index (χ1v) is 6.31. The molecule has 0 fully saturated rings. The highest BCUT2D eigenvalue weighted by Crippen LogP contribution is 2.41. The maximum absolute atomic E-state index is 2.41. The van der Waals surface area contributed by atoms with E-state index < -0.39 is 0 Å². The fourth-order valence-corrected chi connectivity index (χ4v) is 1.55. The number of rotatable bonds is 6. The number of hydrogen-bond acceptors (Lipinski definition) is 0. The van der Waals surface area contributed by atoms with Gasteiger partial charge >= 0.3 is 0 Å². The average molecular weight is 198 g/mol. The van der Waals surface area contributed by atoms with E-state index >= 15 is 0 Å². The fraction of sp³-hybridized carbons (Fsp3) is 1.00. The van der Waals surface area contributed by atoms with E-state index in [1.165, 1.54) is 38.5 Å². The Bertz CT molecular complexity index is 137. The van der Waals surface area contributed by atoms with E-state index in [2.05, 4.69) is 41.5 Å². The van der Waals surface area contributed by atoms with Gasteiger partial charge in [0.05, 0.1) is 0 Å². The zero-order chi connectivity index (χ0) is 11.2. The summed E-state index contributed by atoms with van der Waals surface area (Å²) in [6.07, 6.45) is 8.40. The lowest BCUT2D eigenvalue weighted by atomic mass is 9.67. The molecule has 0 aliphatic heterocycles. The first-order valence-electron chi connectivity index (χ1n) is 6.31. The molecule has 14 heavy (non-hydrogen) atoms. The molecule has 0 heteroatoms. The van der Waals surface area contributed by atoms with Crippen LogP contribution in [0.4, 0.5) is 0 Å². The summed E-state index contributed by atoms with van der Waals surface area (Å²) in [5.74, 6) is 0. The minimum Gasteiger partial charge on any atom is -0.0654 e. The van der Waals surface area contributed by atoms with Gasteiger partial charge in [0, 0.05) is 0 Å². The Balaban J connectivity index is 3.67. The predicted octanol–water partition coefficient (Wildman–Crippen LogP) is 5.42. The van der Waals surface area contributed by atoms with Gasteiger partial charge < -0.3 is 0 Å². The van der Waals surface area contributed by atoms with E-state index in [1.807, 2.05) is 0 Å². The Morgan fingerprint density at radius 1 is 0.714 bits per heavy atom. The van der Waals surface area contributed by atoms with Crippen LogP contribution in [0, 0.1) is 10.8 Å². The molecule has 0 saturated carbocycles. The standard InChI is InChI=1S/C14H30/c1-7-8-9-10-11-12-14(5,6)13(2,3)4/h7-12H2,1-6H3. The lowest BCUT2D eigenvalue weighted by Crippen LogP contribution is -2.29. The summed E-state index contributed by atoms with van der Waals surface area (Å²) in [5, 5.41) is 0. The highest BCUT2D eigenvalue weighted by molar-refractivity contribution is 4.81. The van der Waals surface area contributed by atoms with E-state index in [0.29, 0.717) is 10.8 Å². The number of hydrogen-bond donors (Lipinski definition) is 0. The highest BCUT2D eigenvalue weighted by Gasteiger charge is 2.31. The molecule has 0 N–H and O–H groups in total. The summed E-state index contributed by atoms with van der Waals surface area (Å²) in [6, 6.07) is 0. The Labute approximate surface area is 91.5 Å². The summed E-state index contributed by atoms with van der Waals surface area (Å²) in [5.41, 5.74) is 0.928. The van der Waals surface area contributed by atoms with Gasteiger partial charge in [0.15, 0.2) is 0 Å². The van der Waals surface area contributed by atoms with Crippen molar-refractivity contribution in [3.8, 4) is 0 Å². The van der Waals surface area contributed by atoms with Crippen molar-refractivity contribution in [2.45, 2.75) is 80.1 Å². The van der Waals surface area contributed by atoms with Crippen molar-refractivity contribution in [1.82, 2.24) is 0 Å². The third-order valence-electron chi connectivity index (χ3n) is 3.94. The summed E-state index contributed by atoms with van der Waals surface area (Å²) in [4.78, 5) is 0. The fourth-order valence-electron chi connectivity index (χ4n) is 1.55. The van der Waals surface area contributed by atoms with Gasteiger partial charge in [-0.05, 0) is 17.3 Å². The third-order valence-corrected chi connectivity index (χ3v) is 3.94. The molecule has 0 atom stereocenters. The van der Waals surface area contributed by atoms with E-state index in [-0.39, 0.29) is 0 Å². The van der Waals surface area contributed by atoms with Gasteiger partial charge in [0.25, 0.3) is 0 Å². The van der Waals surface area contributed by atoms with Crippen molar-refractivity contribution in [2.75, 3.05) is 0 Å². The topological polar surface area (TPSA) is 0 Å². The summed E-state index contributed by atoms with van der Waals surface area (Å²) < 4.78 is 0. The second-order valence-electron chi connectivity index (χ2n) is 6.30. The lowest BCUT2D eigenvalue weighted by molar-refractivity contribution is 0.115. The number of unbranched alkanes of at least 4 members (excludes halogenated alkanes) is 4. The molecule has 0 rings (SSSR count). The molecule has 0 aliphatic carbocycles. The smallest absolute Gasteiger partial charge is 0.0306 e. The minimum absolute atomic E-state index is 0.442. The maximum atomic E-state index is 2.41. The zero-order valence-electron chi connectivity index (χ0n) is 11.2. The third kappa shape index (κ3) is 5.02. The molecule has 86 valence electrons. The Hall–Kier alpha value is 0. The minimum atomic E-state index is 0.442. The molecule has 0 heterocycles. The maximum Gasteiger partial charge on any atom is -0.0306 e. The van der Waals surface area contributed by atoms with Crippen LogP contribution in [0.2, 0.25) is 0 Å². The highest BCUT2D eigenvalue weighted by atomic mass is 14.4. The Morgan fingerprint density at radius 2 is 1.21 bits per heavy atom. The second kappa shape index (κ2) is 5.78. The molecule has 0 spiro atoms. The summed E-state index contributed by atoms with van der Waals surface area (Å²) >= 11 is 0.